The maximum absolute atomic E-state index is 13.1. The van der Waals surface area contributed by atoms with Crippen molar-refractivity contribution in [2.45, 2.75) is 44.0 Å². The lowest BCUT2D eigenvalue weighted by molar-refractivity contribution is 0.591. The topological polar surface area (TPSA) is 78.4 Å². The van der Waals surface area contributed by atoms with Gasteiger partial charge in [0.2, 0.25) is 0 Å². The van der Waals surface area contributed by atoms with Crippen LogP contribution >= 0.6 is 0 Å². The zero-order valence-electron chi connectivity index (χ0n) is 19.0. The summed E-state index contributed by atoms with van der Waals surface area (Å²) in [5.74, 6) is 1.65. The molecule has 1 saturated heterocycles. The van der Waals surface area contributed by atoms with E-state index >= 15 is 0 Å². The second-order valence-corrected chi connectivity index (χ2v) is 10.0. The molecule has 0 unspecified atom stereocenters. The third kappa shape index (κ3) is 5.63. The van der Waals surface area contributed by atoms with E-state index < -0.39 is 10.0 Å². The summed E-state index contributed by atoms with van der Waals surface area (Å²) >= 11 is 0. The van der Waals surface area contributed by atoms with Gasteiger partial charge in [0.25, 0.3) is 10.0 Å². The van der Waals surface area contributed by atoms with E-state index in [1.165, 1.54) is 36.2 Å². The largest absolute Gasteiger partial charge is 0.366 e. The number of hydrogen-bond donors (Lipinski definition) is 1. The Morgan fingerprint density at radius 1 is 0.909 bits per heavy atom. The lowest BCUT2D eigenvalue weighted by Gasteiger charge is -2.22. The van der Waals surface area contributed by atoms with Gasteiger partial charge in [-0.15, -0.1) is 0 Å². The fourth-order valence-electron chi connectivity index (χ4n) is 4.05. The normalized spacial score (nSPS) is 14.5. The van der Waals surface area contributed by atoms with Gasteiger partial charge in [-0.25, -0.2) is 18.4 Å². The molecule has 174 valence electrons. The summed E-state index contributed by atoms with van der Waals surface area (Å²) in [6.45, 7) is 4.87. The molecule has 1 fully saturated rings. The molecule has 1 N–H and O–H groups in total. The molecule has 0 radical (unpaired) electrons. The molecule has 0 bridgehead atoms. The molecule has 0 atom stereocenters. The average molecular weight is 466 g/mol. The second-order valence-electron chi connectivity index (χ2n) is 8.16. The molecule has 3 aromatic rings. The van der Waals surface area contributed by atoms with Gasteiger partial charge < -0.3 is 10.2 Å². The highest BCUT2D eigenvalue weighted by atomic mass is 32.2. The van der Waals surface area contributed by atoms with Crippen LogP contribution in [0.4, 0.5) is 17.3 Å². The molecule has 1 aliphatic rings. The SMILES string of the molecule is CCN(c1ccccc1)S(=O)(=O)c1ccc(NCc2ccc(N3CCCCCC3)nc2)nc1. The first-order valence-corrected chi connectivity index (χ1v) is 13.0. The number of sulfonamides is 1. The van der Waals surface area contributed by atoms with Crippen LogP contribution in [-0.4, -0.2) is 38.0 Å². The molecule has 4 rings (SSSR count). The van der Waals surface area contributed by atoms with Crippen LogP contribution in [0.15, 0.2) is 71.9 Å². The molecular formula is C25H31N5O2S. The molecule has 0 amide bonds. The molecule has 7 nitrogen and oxygen atoms in total. The fourth-order valence-corrected chi connectivity index (χ4v) is 5.47. The molecule has 0 saturated carbocycles. The van der Waals surface area contributed by atoms with E-state index in [1.54, 1.807) is 24.3 Å². The number of anilines is 3. The van der Waals surface area contributed by atoms with Gasteiger partial charge >= 0.3 is 0 Å². The Morgan fingerprint density at radius 2 is 1.67 bits per heavy atom. The monoisotopic (exact) mass is 465 g/mol. The second kappa shape index (κ2) is 10.7. The third-order valence-electron chi connectivity index (χ3n) is 5.87. The first-order valence-electron chi connectivity index (χ1n) is 11.6. The van der Waals surface area contributed by atoms with Crippen LogP contribution in [0.25, 0.3) is 0 Å². The van der Waals surface area contributed by atoms with E-state index in [1.807, 2.05) is 31.3 Å². The van der Waals surface area contributed by atoms with Crippen molar-refractivity contribution >= 4 is 27.3 Å². The van der Waals surface area contributed by atoms with Crippen molar-refractivity contribution in [3.63, 3.8) is 0 Å². The molecule has 0 spiro atoms. The summed E-state index contributed by atoms with van der Waals surface area (Å²) in [5.41, 5.74) is 1.69. The maximum Gasteiger partial charge on any atom is 0.265 e. The van der Waals surface area contributed by atoms with Crippen LogP contribution in [0.5, 0.6) is 0 Å². The minimum Gasteiger partial charge on any atom is -0.366 e. The van der Waals surface area contributed by atoms with Gasteiger partial charge in [0.1, 0.15) is 16.5 Å². The number of nitrogens with zero attached hydrogens (tertiary/aromatic N) is 4. The summed E-state index contributed by atoms with van der Waals surface area (Å²) in [5, 5.41) is 3.25. The van der Waals surface area contributed by atoms with Crippen molar-refractivity contribution in [1.29, 1.82) is 0 Å². The van der Waals surface area contributed by atoms with Crippen molar-refractivity contribution < 1.29 is 8.42 Å². The summed E-state index contributed by atoms with van der Waals surface area (Å²) in [4.78, 5) is 11.5. The predicted molar refractivity (Wildman–Crippen MR) is 133 cm³/mol. The van der Waals surface area contributed by atoms with Crippen LogP contribution < -0.4 is 14.5 Å². The average Bonchev–Trinajstić information content (AvgIpc) is 3.14. The van der Waals surface area contributed by atoms with Crippen LogP contribution in [0.2, 0.25) is 0 Å². The van der Waals surface area contributed by atoms with Gasteiger partial charge in [0.05, 0.1) is 5.69 Å². The van der Waals surface area contributed by atoms with E-state index in [0.717, 1.165) is 24.5 Å². The first-order chi connectivity index (χ1) is 16.1. The number of pyridine rings is 2. The lowest BCUT2D eigenvalue weighted by Crippen LogP contribution is -2.30. The van der Waals surface area contributed by atoms with Crippen molar-refractivity contribution in [2.24, 2.45) is 0 Å². The number of hydrogen-bond acceptors (Lipinski definition) is 6. The summed E-state index contributed by atoms with van der Waals surface area (Å²) in [6.07, 6.45) is 8.35. The van der Waals surface area contributed by atoms with Gasteiger partial charge in [-0.1, -0.05) is 37.1 Å². The maximum atomic E-state index is 13.1. The minimum absolute atomic E-state index is 0.169. The predicted octanol–water partition coefficient (Wildman–Crippen LogP) is 4.68. The van der Waals surface area contributed by atoms with Gasteiger partial charge in [-0.05, 0) is 55.7 Å². The van der Waals surface area contributed by atoms with E-state index in [4.69, 9.17) is 0 Å². The Hall–Kier alpha value is -3.13. The summed E-state index contributed by atoms with van der Waals surface area (Å²) in [7, 11) is -3.68. The number of para-hydroxylation sites is 1. The Balaban J connectivity index is 1.38. The van der Waals surface area contributed by atoms with Crippen molar-refractivity contribution in [2.75, 3.05) is 34.2 Å². The van der Waals surface area contributed by atoms with Gasteiger partial charge in [-0.3, -0.25) is 4.31 Å². The number of aromatic nitrogens is 2. The number of nitrogens with one attached hydrogen (secondary N) is 1. The summed E-state index contributed by atoms with van der Waals surface area (Å²) < 4.78 is 27.6. The van der Waals surface area contributed by atoms with Crippen LogP contribution in [0.1, 0.15) is 38.2 Å². The number of rotatable bonds is 8. The molecule has 8 heteroatoms. The number of benzene rings is 1. The molecule has 33 heavy (non-hydrogen) atoms. The quantitative estimate of drug-likeness (QED) is 0.520. The van der Waals surface area contributed by atoms with Gasteiger partial charge in [-0.2, -0.15) is 0 Å². The Kier molecular flexibility index (Phi) is 7.44. The minimum atomic E-state index is -3.68. The Labute approximate surface area is 196 Å². The zero-order valence-corrected chi connectivity index (χ0v) is 19.8. The van der Waals surface area contributed by atoms with Crippen molar-refractivity contribution in [3.8, 4) is 0 Å². The Morgan fingerprint density at radius 3 is 2.27 bits per heavy atom. The standard InChI is InChI=1S/C25H31N5O2S/c1-2-30(22-10-6-5-7-11-22)33(31,32)23-13-14-24(27-20-23)26-18-21-12-15-25(28-19-21)29-16-8-3-4-9-17-29/h5-7,10-15,19-20H,2-4,8-9,16-18H2,1H3,(H,26,27). The van der Waals surface area contributed by atoms with Crippen molar-refractivity contribution in [1.82, 2.24) is 9.97 Å². The molecule has 1 aliphatic heterocycles. The Bertz CT molecular complexity index is 1110. The highest BCUT2D eigenvalue weighted by molar-refractivity contribution is 7.92. The fraction of sp³-hybridized carbons (Fsp3) is 0.360. The highest BCUT2D eigenvalue weighted by Crippen LogP contribution is 2.23. The van der Waals surface area contributed by atoms with Crippen LogP contribution in [-0.2, 0) is 16.6 Å². The van der Waals surface area contributed by atoms with E-state index in [-0.39, 0.29) is 4.90 Å². The van der Waals surface area contributed by atoms with Gasteiger partial charge in [0.15, 0.2) is 0 Å². The molecular weight excluding hydrogens is 434 g/mol. The first kappa shape index (κ1) is 23.0. The molecule has 2 aromatic heterocycles. The smallest absolute Gasteiger partial charge is 0.265 e. The van der Waals surface area contributed by atoms with E-state index in [9.17, 15) is 8.42 Å². The molecule has 1 aromatic carbocycles. The zero-order chi connectivity index (χ0) is 23.1. The van der Waals surface area contributed by atoms with E-state index in [2.05, 4.69) is 32.3 Å². The van der Waals surface area contributed by atoms with Crippen molar-refractivity contribution in [3.05, 3.63) is 72.6 Å². The molecule has 3 heterocycles. The third-order valence-corrected chi connectivity index (χ3v) is 7.76. The van der Waals surface area contributed by atoms with Crippen LogP contribution in [0.3, 0.4) is 0 Å². The van der Waals surface area contributed by atoms with E-state index in [0.29, 0.717) is 24.6 Å². The summed E-state index contributed by atoms with van der Waals surface area (Å²) in [6, 6.07) is 16.5. The van der Waals surface area contributed by atoms with Gasteiger partial charge in [0, 0.05) is 38.6 Å². The molecule has 0 aliphatic carbocycles. The lowest BCUT2D eigenvalue weighted by atomic mass is 10.2. The van der Waals surface area contributed by atoms with Crippen LogP contribution in [0, 0.1) is 0 Å². The highest BCUT2D eigenvalue weighted by Gasteiger charge is 2.23.